The predicted octanol–water partition coefficient (Wildman–Crippen LogP) is -0.0189. The molecule has 88 valence electrons. The number of urea groups is 1. The number of pyridine rings is 1. The zero-order valence-corrected chi connectivity index (χ0v) is 8.66. The Labute approximate surface area is 96.1 Å². The molecule has 3 amide bonds. The Morgan fingerprint density at radius 2 is 2.29 bits per heavy atom. The smallest absolute Gasteiger partial charge is 0.329 e. The molecule has 1 aromatic heterocycles. The zero-order chi connectivity index (χ0) is 12.4. The number of carbonyl (C=O) groups is 3. The van der Waals surface area contributed by atoms with Crippen LogP contribution in [-0.2, 0) is 9.59 Å². The van der Waals surface area contributed by atoms with Crippen LogP contribution >= 0.6 is 0 Å². The minimum atomic E-state index is -1.14. The number of carbonyl (C=O) groups excluding carboxylic acids is 2. The van der Waals surface area contributed by atoms with Gasteiger partial charge in [0, 0.05) is 6.20 Å². The summed E-state index contributed by atoms with van der Waals surface area (Å²) >= 11 is 0. The first-order valence-corrected chi connectivity index (χ1v) is 4.86. The summed E-state index contributed by atoms with van der Waals surface area (Å²) < 4.78 is 0. The molecular formula is C10H9N3O4. The normalized spacial score (nSPS) is 19.3. The van der Waals surface area contributed by atoms with E-state index < -0.39 is 30.4 Å². The third-order valence-corrected chi connectivity index (χ3v) is 2.30. The van der Waals surface area contributed by atoms with Gasteiger partial charge in [0.15, 0.2) is 0 Å². The van der Waals surface area contributed by atoms with Crippen LogP contribution in [0.3, 0.4) is 0 Å². The van der Waals surface area contributed by atoms with E-state index in [4.69, 9.17) is 5.11 Å². The molecule has 1 saturated heterocycles. The Morgan fingerprint density at radius 3 is 2.88 bits per heavy atom. The van der Waals surface area contributed by atoms with Crippen LogP contribution in [0.2, 0.25) is 0 Å². The van der Waals surface area contributed by atoms with Gasteiger partial charge in [-0.25, -0.2) is 9.69 Å². The molecule has 0 saturated carbocycles. The fourth-order valence-corrected chi connectivity index (χ4v) is 1.57. The molecule has 0 aliphatic carbocycles. The van der Waals surface area contributed by atoms with Gasteiger partial charge in [-0.2, -0.15) is 0 Å². The van der Waals surface area contributed by atoms with Gasteiger partial charge in [0.2, 0.25) is 0 Å². The number of hydrogen-bond donors (Lipinski definition) is 2. The van der Waals surface area contributed by atoms with Crippen molar-refractivity contribution in [3.8, 4) is 0 Å². The molecule has 1 aliphatic heterocycles. The molecule has 7 heteroatoms. The van der Waals surface area contributed by atoms with Crippen molar-refractivity contribution in [1.29, 1.82) is 0 Å². The van der Waals surface area contributed by atoms with E-state index in [0.717, 1.165) is 4.90 Å². The number of rotatable bonds is 3. The van der Waals surface area contributed by atoms with Gasteiger partial charge in [0.05, 0.1) is 18.3 Å². The molecule has 0 aromatic carbocycles. The van der Waals surface area contributed by atoms with Gasteiger partial charge in [-0.15, -0.1) is 0 Å². The molecule has 1 aromatic rings. The van der Waals surface area contributed by atoms with E-state index in [-0.39, 0.29) is 0 Å². The molecule has 2 heterocycles. The van der Waals surface area contributed by atoms with Gasteiger partial charge in [-0.05, 0) is 12.1 Å². The third-order valence-electron chi connectivity index (χ3n) is 2.30. The number of carboxylic acid groups (broad SMARTS) is 1. The van der Waals surface area contributed by atoms with Crippen LogP contribution in [0.4, 0.5) is 10.5 Å². The molecule has 1 fully saturated rings. The van der Waals surface area contributed by atoms with Crippen LogP contribution in [0, 0.1) is 0 Å². The zero-order valence-electron chi connectivity index (χ0n) is 8.66. The molecule has 0 spiro atoms. The summed E-state index contributed by atoms with van der Waals surface area (Å²) in [5.74, 6) is -1.72. The van der Waals surface area contributed by atoms with Crippen molar-refractivity contribution in [2.45, 2.75) is 12.5 Å². The summed E-state index contributed by atoms with van der Waals surface area (Å²) in [5.41, 5.74) is 0.322. The number of nitrogens with zero attached hydrogens (tertiary/aromatic N) is 2. The Kier molecular flexibility index (Phi) is 2.73. The van der Waals surface area contributed by atoms with Crippen molar-refractivity contribution in [3.05, 3.63) is 24.5 Å². The fraction of sp³-hybridized carbons (Fsp3) is 0.200. The minimum Gasteiger partial charge on any atom is -0.481 e. The lowest BCUT2D eigenvalue weighted by molar-refractivity contribution is -0.139. The molecule has 0 bridgehead atoms. The topological polar surface area (TPSA) is 99.6 Å². The van der Waals surface area contributed by atoms with E-state index in [1.54, 1.807) is 12.1 Å². The Morgan fingerprint density at radius 1 is 1.53 bits per heavy atom. The minimum absolute atomic E-state index is 0.322. The fourth-order valence-electron chi connectivity index (χ4n) is 1.57. The van der Waals surface area contributed by atoms with Crippen LogP contribution in [-0.4, -0.2) is 34.0 Å². The molecule has 7 nitrogen and oxygen atoms in total. The van der Waals surface area contributed by atoms with Crippen molar-refractivity contribution in [3.63, 3.8) is 0 Å². The van der Waals surface area contributed by atoms with Crippen LogP contribution in [0.15, 0.2) is 24.5 Å². The summed E-state index contributed by atoms with van der Waals surface area (Å²) in [6.45, 7) is 0. The highest BCUT2D eigenvalue weighted by atomic mass is 16.4. The van der Waals surface area contributed by atoms with Crippen molar-refractivity contribution in [2.24, 2.45) is 0 Å². The van der Waals surface area contributed by atoms with Gasteiger partial charge in [-0.1, -0.05) is 0 Å². The SMILES string of the molecule is O=C(O)CC1NC(=O)N(c2cccnc2)C1=O. The first-order valence-electron chi connectivity index (χ1n) is 4.86. The Hall–Kier alpha value is -2.44. The maximum atomic E-state index is 11.8. The van der Waals surface area contributed by atoms with Gasteiger partial charge < -0.3 is 10.4 Å². The second-order valence-electron chi connectivity index (χ2n) is 3.48. The second-order valence-corrected chi connectivity index (χ2v) is 3.48. The number of nitrogens with one attached hydrogen (secondary N) is 1. The van der Waals surface area contributed by atoms with E-state index in [1.165, 1.54) is 12.4 Å². The van der Waals surface area contributed by atoms with E-state index in [2.05, 4.69) is 10.3 Å². The van der Waals surface area contributed by atoms with E-state index in [1.807, 2.05) is 0 Å². The molecule has 0 radical (unpaired) electrons. The summed E-state index contributed by atoms with van der Waals surface area (Å²) in [7, 11) is 0. The molecule has 1 atom stereocenters. The molecule has 1 aliphatic rings. The second kappa shape index (κ2) is 4.20. The standard InChI is InChI=1S/C10H9N3O4/c14-8(15)4-7-9(16)13(10(17)12-7)6-2-1-3-11-5-6/h1-3,5,7H,4H2,(H,12,17)(H,14,15). The van der Waals surface area contributed by atoms with Crippen molar-refractivity contribution < 1.29 is 19.5 Å². The number of anilines is 1. The van der Waals surface area contributed by atoms with Crippen LogP contribution < -0.4 is 10.2 Å². The van der Waals surface area contributed by atoms with E-state index in [0.29, 0.717) is 5.69 Å². The summed E-state index contributed by atoms with van der Waals surface area (Å²) in [6.07, 6.45) is 2.44. The van der Waals surface area contributed by atoms with Gasteiger partial charge in [-0.3, -0.25) is 14.6 Å². The molecule has 1 unspecified atom stereocenters. The summed E-state index contributed by atoms with van der Waals surface area (Å²) in [6, 6.07) is 1.49. The molecule has 17 heavy (non-hydrogen) atoms. The largest absolute Gasteiger partial charge is 0.481 e. The van der Waals surface area contributed by atoms with Crippen LogP contribution in [0.5, 0.6) is 0 Å². The number of hydrogen-bond acceptors (Lipinski definition) is 4. The molecular weight excluding hydrogens is 226 g/mol. The number of aliphatic carboxylic acids is 1. The van der Waals surface area contributed by atoms with Crippen molar-refractivity contribution >= 4 is 23.6 Å². The van der Waals surface area contributed by atoms with Gasteiger partial charge in [0.1, 0.15) is 6.04 Å². The van der Waals surface area contributed by atoms with Crippen LogP contribution in [0.25, 0.3) is 0 Å². The maximum Gasteiger partial charge on any atom is 0.329 e. The van der Waals surface area contributed by atoms with E-state index >= 15 is 0 Å². The average molecular weight is 235 g/mol. The Balaban J connectivity index is 2.23. The van der Waals surface area contributed by atoms with E-state index in [9.17, 15) is 14.4 Å². The number of imide groups is 1. The monoisotopic (exact) mass is 235 g/mol. The number of carboxylic acids is 1. The van der Waals surface area contributed by atoms with Gasteiger partial charge in [0.25, 0.3) is 5.91 Å². The lowest BCUT2D eigenvalue weighted by Gasteiger charge is -2.11. The lowest BCUT2D eigenvalue weighted by atomic mass is 10.2. The molecule has 2 rings (SSSR count). The Bertz CT molecular complexity index is 474. The number of aromatic nitrogens is 1. The third kappa shape index (κ3) is 2.07. The van der Waals surface area contributed by atoms with Crippen molar-refractivity contribution in [2.75, 3.05) is 4.90 Å². The van der Waals surface area contributed by atoms with Crippen LogP contribution in [0.1, 0.15) is 6.42 Å². The van der Waals surface area contributed by atoms with Crippen molar-refractivity contribution in [1.82, 2.24) is 10.3 Å². The summed E-state index contributed by atoms with van der Waals surface area (Å²) in [4.78, 5) is 38.6. The summed E-state index contributed by atoms with van der Waals surface area (Å²) in [5, 5.41) is 10.9. The highest BCUT2D eigenvalue weighted by Crippen LogP contribution is 2.18. The first-order chi connectivity index (χ1) is 8.09. The first kappa shape index (κ1) is 11.1. The highest BCUT2D eigenvalue weighted by Gasteiger charge is 2.40. The predicted molar refractivity (Wildman–Crippen MR) is 56.3 cm³/mol. The molecule has 2 N–H and O–H groups in total. The lowest BCUT2D eigenvalue weighted by Crippen LogP contribution is -2.32. The number of amides is 3. The highest BCUT2D eigenvalue weighted by molar-refractivity contribution is 6.21. The maximum absolute atomic E-state index is 11.8. The average Bonchev–Trinajstić information content (AvgIpc) is 2.54. The van der Waals surface area contributed by atoms with Gasteiger partial charge >= 0.3 is 12.0 Å². The quantitative estimate of drug-likeness (QED) is 0.717.